The lowest BCUT2D eigenvalue weighted by Gasteiger charge is -2.18. The highest BCUT2D eigenvalue weighted by Crippen LogP contribution is 2.33. The number of nitrogens with one attached hydrogen (secondary N) is 1. The van der Waals surface area contributed by atoms with Gasteiger partial charge in [0, 0.05) is 17.7 Å². The minimum Gasteiger partial charge on any atom is -0.467 e. The van der Waals surface area contributed by atoms with Crippen LogP contribution in [-0.4, -0.2) is 21.2 Å². The summed E-state index contributed by atoms with van der Waals surface area (Å²) in [7, 11) is 0. The molecule has 1 atom stereocenters. The van der Waals surface area contributed by atoms with Crippen molar-refractivity contribution in [3.05, 3.63) is 45.8 Å². The third-order valence-electron chi connectivity index (χ3n) is 4.58. The number of furan rings is 1. The summed E-state index contributed by atoms with van der Waals surface area (Å²) in [6, 6.07) is 3.50. The number of hydrogen-bond donors (Lipinski definition) is 1. The van der Waals surface area contributed by atoms with E-state index in [0.717, 1.165) is 53.6 Å². The highest BCUT2D eigenvalue weighted by molar-refractivity contribution is 7.99. The Labute approximate surface area is 143 Å². The van der Waals surface area contributed by atoms with Crippen molar-refractivity contribution in [2.75, 3.05) is 5.75 Å². The van der Waals surface area contributed by atoms with Crippen molar-refractivity contribution >= 4 is 17.7 Å². The second-order valence-electron chi connectivity index (χ2n) is 6.23. The number of thioether (sulfide) groups is 1. The summed E-state index contributed by atoms with van der Waals surface area (Å²) < 4.78 is 6.94. The Bertz CT molecular complexity index is 813. The number of rotatable bonds is 4. The molecule has 3 heterocycles. The van der Waals surface area contributed by atoms with Crippen LogP contribution in [0.4, 0.5) is 0 Å². The van der Waals surface area contributed by atoms with Gasteiger partial charge >= 0.3 is 0 Å². The molecule has 1 aliphatic carbocycles. The molecule has 0 fully saturated rings. The summed E-state index contributed by atoms with van der Waals surface area (Å²) in [4.78, 5) is 29.7. The third kappa shape index (κ3) is 2.88. The van der Waals surface area contributed by atoms with Gasteiger partial charge in [0.15, 0.2) is 5.16 Å². The molecule has 2 aliphatic rings. The Morgan fingerprint density at radius 3 is 3.12 bits per heavy atom. The molecule has 1 unspecified atom stereocenters. The van der Waals surface area contributed by atoms with Crippen molar-refractivity contribution in [2.45, 2.75) is 49.8 Å². The molecule has 1 N–H and O–H groups in total. The van der Waals surface area contributed by atoms with Crippen LogP contribution < -0.4 is 10.9 Å². The van der Waals surface area contributed by atoms with Gasteiger partial charge in [0.25, 0.3) is 5.56 Å². The molecule has 0 saturated carbocycles. The van der Waals surface area contributed by atoms with Crippen LogP contribution in [0.3, 0.4) is 0 Å². The largest absolute Gasteiger partial charge is 0.467 e. The van der Waals surface area contributed by atoms with Gasteiger partial charge in [-0.15, -0.1) is 0 Å². The van der Waals surface area contributed by atoms with Crippen LogP contribution in [0.25, 0.3) is 0 Å². The van der Waals surface area contributed by atoms with E-state index in [1.807, 2.05) is 6.07 Å². The fourth-order valence-electron chi connectivity index (χ4n) is 3.35. The Hall–Kier alpha value is -2.02. The van der Waals surface area contributed by atoms with Crippen molar-refractivity contribution in [3.63, 3.8) is 0 Å². The molecular formula is C17H19N3O3S. The molecule has 126 valence electrons. The van der Waals surface area contributed by atoms with E-state index in [9.17, 15) is 9.59 Å². The lowest BCUT2D eigenvalue weighted by atomic mass is 9.97. The maximum absolute atomic E-state index is 12.8. The summed E-state index contributed by atoms with van der Waals surface area (Å²) in [6.07, 6.45) is 5.73. The van der Waals surface area contributed by atoms with Gasteiger partial charge in [-0.25, -0.2) is 4.98 Å². The molecule has 24 heavy (non-hydrogen) atoms. The Balaban J connectivity index is 1.49. The number of carbonyl (C=O) groups is 1. The van der Waals surface area contributed by atoms with Gasteiger partial charge in [0.2, 0.25) is 5.91 Å². The van der Waals surface area contributed by atoms with Crippen molar-refractivity contribution in [1.29, 1.82) is 0 Å². The van der Waals surface area contributed by atoms with E-state index in [4.69, 9.17) is 4.42 Å². The summed E-state index contributed by atoms with van der Waals surface area (Å²) in [5.41, 5.74) is 1.88. The monoisotopic (exact) mass is 345 g/mol. The minimum absolute atomic E-state index is 0.0588. The summed E-state index contributed by atoms with van der Waals surface area (Å²) >= 11 is 1.57. The number of aryl methyl sites for hydroxylation is 1. The van der Waals surface area contributed by atoms with Crippen LogP contribution in [0.2, 0.25) is 0 Å². The zero-order valence-corrected chi connectivity index (χ0v) is 14.1. The summed E-state index contributed by atoms with van der Waals surface area (Å²) in [5.74, 6) is 1.37. The molecule has 0 aromatic carbocycles. The minimum atomic E-state index is -0.117. The number of amides is 1. The number of carbonyl (C=O) groups excluding carboxylic acids is 1. The zero-order valence-electron chi connectivity index (χ0n) is 13.3. The standard InChI is InChI=1S/C17H19N3O3S/c21-15(18-9-12-4-3-7-23-12)8-11-10-24-17-19-14-6-2-1-5-13(14)16(22)20(11)17/h3-4,7,11H,1-2,5-6,8-10H2,(H,18,21). The second-order valence-corrected chi connectivity index (χ2v) is 7.21. The lowest BCUT2D eigenvalue weighted by molar-refractivity contribution is -0.122. The normalized spacial score (nSPS) is 18.9. The van der Waals surface area contributed by atoms with Gasteiger partial charge in [0.1, 0.15) is 5.76 Å². The maximum atomic E-state index is 12.8. The molecule has 0 bridgehead atoms. The van der Waals surface area contributed by atoms with Crippen LogP contribution in [0, 0.1) is 0 Å². The van der Waals surface area contributed by atoms with E-state index in [0.29, 0.717) is 13.0 Å². The number of hydrogen-bond acceptors (Lipinski definition) is 5. The number of aromatic nitrogens is 2. The predicted octanol–water partition coefficient (Wildman–Crippen LogP) is 2.07. The topological polar surface area (TPSA) is 77.1 Å². The molecule has 1 amide bonds. The molecule has 1 aliphatic heterocycles. The molecule has 7 heteroatoms. The average Bonchev–Trinajstić information content (AvgIpc) is 3.23. The first-order valence-electron chi connectivity index (χ1n) is 8.28. The van der Waals surface area contributed by atoms with Crippen molar-refractivity contribution in [2.24, 2.45) is 0 Å². The first kappa shape index (κ1) is 15.5. The predicted molar refractivity (Wildman–Crippen MR) is 90.1 cm³/mol. The van der Waals surface area contributed by atoms with Gasteiger partial charge in [-0.3, -0.25) is 14.2 Å². The molecule has 6 nitrogen and oxygen atoms in total. The highest BCUT2D eigenvalue weighted by Gasteiger charge is 2.30. The van der Waals surface area contributed by atoms with Gasteiger partial charge in [0.05, 0.1) is 24.5 Å². The van der Waals surface area contributed by atoms with E-state index in [-0.39, 0.29) is 17.5 Å². The molecule has 0 spiro atoms. The molecule has 0 radical (unpaired) electrons. The van der Waals surface area contributed by atoms with Gasteiger partial charge in [-0.1, -0.05) is 11.8 Å². The number of nitrogens with zero attached hydrogens (tertiary/aromatic N) is 2. The lowest BCUT2D eigenvalue weighted by Crippen LogP contribution is -2.33. The van der Waals surface area contributed by atoms with Gasteiger partial charge in [-0.05, 0) is 37.8 Å². The summed E-state index contributed by atoms with van der Waals surface area (Å²) in [6.45, 7) is 0.371. The quantitative estimate of drug-likeness (QED) is 0.859. The fraction of sp³-hybridized carbons (Fsp3) is 0.471. The Morgan fingerprint density at radius 2 is 2.29 bits per heavy atom. The third-order valence-corrected chi connectivity index (χ3v) is 5.68. The number of fused-ring (bicyclic) bond motifs is 2. The SMILES string of the molecule is O=C(CC1CSc2nc3c(c(=O)n21)CCCC3)NCc1ccco1. The van der Waals surface area contributed by atoms with Crippen LogP contribution >= 0.6 is 11.8 Å². The van der Waals surface area contributed by atoms with Crippen LogP contribution in [0.15, 0.2) is 32.8 Å². The zero-order chi connectivity index (χ0) is 16.5. The van der Waals surface area contributed by atoms with Crippen LogP contribution in [-0.2, 0) is 24.2 Å². The van der Waals surface area contributed by atoms with E-state index < -0.39 is 0 Å². The molecule has 2 aromatic rings. The van der Waals surface area contributed by atoms with E-state index >= 15 is 0 Å². The van der Waals surface area contributed by atoms with E-state index in [2.05, 4.69) is 10.3 Å². The molecule has 2 aromatic heterocycles. The highest BCUT2D eigenvalue weighted by atomic mass is 32.2. The van der Waals surface area contributed by atoms with Gasteiger partial charge < -0.3 is 9.73 Å². The molecule has 4 rings (SSSR count). The van der Waals surface area contributed by atoms with Crippen LogP contribution in [0.5, 0.6) is 0 Å². The fourth-order valence-corrected chi connectivity index (χ4v) is 4.50. The second kappa shape index (κ2) is 6.47. The van der Waals surface area contributed by atoms with E-state index in [1.54, 1.807) is 28.7 Å². The Morgan fingerprint density at radius 1 is 1.42 bits per heavy atom. The maximum Gasteiger partial charge on any atom is 0.257 e. The first-order valence-corrected chi connectivity index (χ1v) is 9.27. The van der Waals surface area contributed by atoms with Crippen molar-refractivity contribution < 1.29 is 9.21 Å². The summed E-state index contributed by atoms with van der Waals surface area (Å²) in [5, 5.41) is 3.61. The first-order chi connectivity index (χ1) is 11.7. The van der Waals surface area contributed by atoms with Crippen molar-refractivity contribution in [1.82, 2.24) is 14.9 Å². The molecular weight excluding hydrogens is 326 g/mol. The molecule has 0 saturated heterocycles. The average molecular weight is 345 g/mol. The Kier molecular flexibility index (Phi) is 4.18. The van der Waals surface area contributed by atoms with Crippen LogP contribution in [0.1, 0.15) is 42.3 Å². The van der Waals surface area contributed by atoms with Gasteiger partial charge in [-0.2, -0.15) is 0 Å². The smallest absolute Gasteiger partial charge is 0.257 e. The van der Waals surface area contributed by atoms with Crippen molar-refractivity contribution in [3.8, 4) is 0 Å². The van der Waals surface area contributed by atoms with E-state index in [1.165, 1.54) is 0 Å².